The molecule has 0 heterocycles. The molecule has 0 saturated heterocycles. The lowest BCUT2D eigenvalue weighted by molar-refractivity contribution is 0.112. The minimum atomic E-state index is 0.0251. The van der Waals surface area contributed by atoms with Crippen molar-refractivity contribution in [2.24, 2.45) is 5.73 Å². The normalized spacial score (nSPS) is 9.33. The highest BCUT2D eigenvalue weighted by molar-refractivity contribution is 7.80. The van der Waals surface area contributed by atoms with Crippen LogP contribution in [0.5, 0.6) is 5.75 Å². The summed E-state index contributed by atoms with van der Waals surface area (Å²) in [5.41, 5.74) is 6.12. The van der Waals surface area contributed by atoms with E-state index >= 15 is 0 Å². The van der Waals surface area contributed by atoms with Crippen LogP contribution in [0, 0.1) is 0 Å². The number of phenolic OH excluding ortho intramolecular Hbond substituents is 1. The fraction of sp³-hybridized carbons (Fsp3) is 0. The van der Waals surface area contributed by atoms with Crippen molar-refractivity contribution in [1.82, 2.24) is 0 Å². The number of phenols is 1. The largest absolute Gasteiger partial charge is 0.508 e. The number of hydrogen-bond donors (Lipinski definition) is 2. The zero-order valence-electron chi connectivity index (χ0n) is 6.15. The van der Waals surface area contributed by atoms with E-state index in [1.54, 1.807) is 0 Å². The molecule has 1 aromatic rings. The lowest BCUT2D eigenvalue weighted by Crippen LogP contribution is -2.11. The Balaban J connectivity index is 3.29. The van der Waals surface area contributed by atoms with Crippen molar-refractivity contribution < 1.29 is 9.90 Å². The predicted octanol–water partition coefficient (Wildman–Crippen LogP) is 0.839. The molecule has 12 heavy (non-hydrogen) atoms. The number of aldehydes is 1. The van der Waals surface area contributed by atoms with Gasteiger partial charge in [0.15, 0.2) is 6.29 Å². The van der Waals surface area contributed by atoms with Crippen molar-refractivity contribution in [2.75, 3.05) is 0 Å². The highest BCUT2D eigenvalue weighted by atomic mass is 32.1. The van der Waals surface area contributed by atoms with Gasteiger partial charge in [0.05, 0.1) is 0 Å². The molecule has 1 rings (SSSR count). The number of carbonyl (C=O) groups excluding carboxylic acids is 1. The number of aromatic hydroxyl groups is 1. The molecule has 3 nitrogen and oxygen atoms in total. The van der Waals surface area contributed by atoms with Crippen LogP contribution in [0.1, 0.15) is 15.9 Å². The van der Waals surface area contributed by atoms with E-state index in [2.05, 4.69) is 0 Å². The van der Waals surface area contributed by atoms with Gasteiger partial charge in [0, 0.05) is 11.1 Å². The number of nitrogens with two attached hydrogens (primary N) is 1. The third kappa shape index (κ3) is 1.60. The third-order valence-electron chi connectivity index (χ3n) is 1.43. The maximum absolute atomic E-state index is 10.5. The fourth-order valence-electron chi connectivity index (χ4n) is 0.872. The zero-order valence-corrected chi connectivity index (χ0v) is 6.97. The molecule has 0 amide bonds. The summed E-state index contributed by atoms with van der Waals surface area (Å²) in [6, 6.07) is 4.27. The molecular formula is C8H7NO2S. The number of thiocarbonyl (C=S) groups is 1. The number of rotatable bonds is 2. The molecule has 4 heteroatoms. The minimum Gasteiger partial charge on any atom is -0.508 e. The highest BCUT2D eigenvalue weighted by Gasteiger charge is 2.04. The number of hydrogen-bond acceptors (Lipinski definition) is 3. The molecule has 0 bridgehead atoms. The first kappa shape index (κ1) is 8.67. The Bertz CT molecular complexity index is 336. The van der Waals surface area contributed by atoms with E-state index in [4.69, 9.17) is 23.1 Å². The van der Waals surface area contributed by atoms with Gasteiger partial charge >= 0.3 is 0 Å². The molecular weight excluding hydrogens is 174 g/mol. The quantitative estimate of drug-likeness (QED) is 0.524. The lowest BCUT2D eigenvalue weighted by atomic mass is 10.1. The molecule has 0 aliphatic heterocycles. The van der Waals surface area contributed by atoms with Gasteiger partial charge in [-0.2, -0.15) is 0 Å². The summed E-state index contributed by atoms with van der Waals surface area (Å²) in [5.74, 6) is 0.0251. The Hall–Kier alpha value is -1.42. The summed E-state index contributed by atoms with van der Waals surface area (Å²) < 4.78 is 0. The van der Waals surface area contributed by atoms with Gasteiger partial charge in [0.1, 0.15) is 10.7 Å². The second-order valence-electron chi connectivity index (χ2n) is 2.25. The monoisotopic (exact) mass is 181 g/mol. The molecule has 0 radical (unpaired) electrons. The van der Waals surface area contributed by atoms with Crippen molar-refractivity contribution in [1.29, 1.82) is 0 Å². The number of benzene rings is 1. The van der Waals surface area contributed by atoms with Crippen molar-refractivity contribution in [3.05, 3.63) is 29.3 Å². The van der Waals surface area contributed by atoms with Gasteiger partial charge in [0.2, 0.25) is 0 Å². The summed E-state index contributed by atoms with van der Waals surface area (Å²) >= 11 is 4.70. The molecule has 0 aromatic heterocycles. The summed E-state index contributed by atoms with van der Waals surface area (Å²) in [5, 5.41) is 9.01. The first-order valence-electron chi connectivity index (χ1n) is 3.23. The van der Waals surface area contributed by atoms with Crippen molar-refractivity contribution in [3.63, 3.8) is 0 Å². The Morgan fingerprint density at radius 2 is 2.25 bits per heavy atom. The first-order valence-corrected chi connectivity index (χ1v) is 3.64. The average molecular weight is 181 g/mol. The Morgan fingerprint density at radius 3 is 2.75 bits per heavy atom. The average Bonchev–Trinajstić information content (AvgIpc) is 2.03. The summed E-state index contributed by atoms with van der Waals surface area (Å²) in [7, 11) is 0. The molecule has 0 fully saturated rings. The van der Waals surface area contributed by atoms with Crippen LogP contribution in [0.15, 0.2) is 18.2 Å². The Morgan fingerprint density at radius 1 is 1.58 bits per heavy atom. The number of carbonyl (C=O) groups is 1. The molecule has 0 spiro atoms. The summed E-state index contributed by atoms with van der Waals surface area (Å²) in [4.78, 5) is 10.6. The topological polar surface area (TPSA) is 63.3 Å². The minimum absolute atomic E-state index is 0.0251. The Labute approximate surface area is 74.8 Å². The van der Waals surface area contributed by atoms with Gasteiger partial charge in [-0.25, -0.2) is 0 Å². The van der Waals surface area contributed by atoms with E-state index in [0.29, 0.717) is 17.4 Å². The van der Waals surface area contributed by atoms with Crippen molar-refractivity contribution >= 4 is 23.5 Å². The van der Waals surface area contributed by atoms with Gasteiger partial charge in [-0.1, -0.05) is 12.2 Å². The van der Waals surface area contributed by atoms with Crippen LogP contribution < -0.4 is 5.73 Å². The molecule has 3 N–H and O–H groups in total. The first-order chi connectivity index (χ1) is 5.65. The standard InChI is InChI=1S/C8H7NO2S/c9-8(12)7-2-1-6(11)3-5(7)4-10/h1-4,11H,(H2,9,12). The van der Waals surface area contributed by atoms with E-state index in [9.17, 15) is 4.79 Å². The van der Waals surface area contributed by atoms with E-state index in [1.807, 2.05) is 0 Å². The van der Waals surface area contributed by atoms with Gasteiger partial charge in [-0.05, 0) is 18.2 Å². The van der Waals surface area contributed by atoms with Crippen LogP contribution >= 0.6 is 12.2 Å². The van der Waals surface area contributed by atoms with Crippen LogP contribution in [0.4, 0.5) is 0 Å². The van der Waals surface area contributed by atoms with Gasteiger partial charge in [-0.15, -0.1) is 0 Å². The maximum atomic E-state index is 10.5. The SMILES string of the molecule is NC(=S)c1ccc(O)cc1C=O. The van der Waals surface area contributed by atoms with Crippen LogP contribution in [-0.2, 0) is 0 Å². The molecule has 62 valence electrons. The van der Waals surface area contributed by atoms with E-state index in [0.717, 1.165) is 0 Å². The van der Waals surface area contributed by atoms with Gasteiger partial charge < -0.3 is 10.8 Å². The second kappa shape index (κ2) is 3.32. The fourth-order valence-corrected chi connectivity index (χ4v) is 1.06. The third-order valence-corrected chi connectivity index (χ3v) is 1.65. The molecule has 1 aromatic carbocycles. The molecule has 0 aliphatic rings. The molecule has 0 unspecified atom stereocenters. The Kier molecular flexibility index (Phi) is 2.40. The zero-order chi connectivity index (χ0) is 9.14. The van der Waals surface area contributed by atoms with Crippen LogP contribution in [0.2, 0.25) is 0 Å². The summed E-state index contributed by atoms with van der Waals surface area (Å²) in [6.45, 7) is 0. The van der Waals surface area contributed by atoms with Crippen LogP contribution in [-0.4, -0.2) is 16.4 Å². The highest BCUT2D eigenvalue weighted by Crippen LogP contribution is 2.14. The smallest absolute Gasteiger partial charge is 0.150 e. The van der Waals surface area contributed by atoms with Gasteiger partial charge in [0.25, 0.3) is 0 Å². The predicted molar refractivity (Wildman–Crippen MR) is 49.4 cm³/mol. The van der Waals surface area contributed by atoms with Crippen LogP contribution in [0.25, 0.3) is 0 Å². The van der Waals surface area contributed by atoms with E-state index in [1.165, 1.54) is 18.2 Å². The lowest BCUT2D eigenvalue weighted by Gasteiger charge is -2.01. The molecule has 0 saturated carbocycles. The van der Waals surface area contributed by atoms with Crippen molar-refractivity contribution in [2.45, 2.75) is 0 Å². The molecule has 0 atom stereocenters. The molecule has 0 aliphatic carbocycles. The summed E-state index contributed by atoms with van der Waals surface area (Å²) in [6.07, 6.45) is 0.605. The van der Waals surface area contributed by atoms with E-state index < -0.39 is 0 Å². The maximum Gasteiger partial charge on any atom is 0.150 e. The van der Waals surface area contributed by atoms with Gasteiger partial charge in [-0.3, -0.25) is 4.79 Å². The van der Waals surface area contributed by atoms with Crippen molar-refractivity contribution in [3.8, 4) is 5.75 Å². The van der Waals surface area contributed by atoms with E-state index in [-0.39, 0.29) is 10.7 Å². The second-order valence-corrected chi connectivity index (χ2v) is 2.69. The van der Waals surface area contributed by atoms with Crippen LogP contribution in [0.3, 0.4) is 0 Å².